The Bertz CT molecular complexity index is 161. The summed E-state index contributed by atoms with van der Waals surface area (Å²) in [6.45, 7) is 1.85. The van der Waals surface area contributed by atoms with Gasteiger partial charge in [-0.1, -0.05) is 0 Å². The van der Waals surface area contributed by atoms with Gasteiger partial charge in [0, 0.05) is 0 Å². The summed E-state index contributed by atoms with van der Waals surface area (Å²) in [6.07, 6.45) is -0.277. The molecule has 12 heavy (non-hydrogen) atoms. The fraction of sp³-hybridized carbons (Fsp3) is 1.00. The van der Waals surface area contributed by atoms with Crippen LogP contribution in [0.15, 0.2) is 0 Å². The molecule has 0 spiro atoms. The first kappa shape index (κ1) is 9.86. The van der Waals surface area contributed by atoms with E-state index in [2.05, 4.69) is 0 Å². The topological polar surface area (TPSA) is 23.5 Å². The van der Waals surface area contributed by atoms with E-state index in [1.54, 1.807) is 11.9 Å². The summed E-state index contributed by atoms with van der Waals surface area (Å²) in [5, 5.41) is 8.88. The maximum atomic E-state index is 13.2. The fourth-order valence-electron chi connectivity index (χ4n) is 1.67. The van der Waals surface area contributed by atoms with Crippen molar-refractivity contribution in [3.05, 3.63) is 0 Å². The summed E-state index contributed by atoms with van der Waals surface area (Å²) in [7, 11) is 1.67. The van der Waals surface area contributed by atoms with E-state index in [-0.39, 0.29) is 0 Å². The minimum absolute atomic E-state index is 0.481. The van der Waals surface area contributed by atoms with Gasteiger partial charge in [0.05, 0.1) is 6.04 Å². The van der Waals surface area contributed by atoms with E-state index in [1.165, 1.54) is 0 Å². The van der Waals surface area contributed by atoms with Gasteiger partial charge in [0.15, 0.2) is 0 Å². The molecule has 2 atom stereocenters. The molecular formula is C8H15F2NO. The average molecular weight is 179 g/mol. The van der Waals surface area contributed by atoms with Crippen molar-refractivity contribution in [1.82, 2.24) is 4.90 Å². The van der Waals surface area contributed by atoms with E-state index < -0.39 is 18.1 Å². The predicted molar refractivity (Wildman–Crippen MR) is 42.3 cm³/mol. The van der Waals surface area contributed by atoms with Crippen molar-refractivity contribution in [2.75, 3.05) is 13.6 Å². The van der Waals surface area contributed by atoms with Crippen molar-refractivity contribution in [2.24, 2.45) is 0 Å². The molecule has 1 fully saturated rings. The largest absolute Gasteiger partial charge is 0.387 e. The summed E-state index contributed by atoms with van der Waals surface area (Å²) >= 11 is 0. The first-order chi connectivity index (χ1) is 5.46. The van der Waals surface area contributed by atoms with Crippen molar-refractivity contribution in [3.63, 3.8) is 0 Å². The average Bonchev–Trinajstić information content (AvgIpc) is 2.35. The zero-order chi connectivity index (χ0) is 9.35. The molecule has 1 saturated heterocycles. The van der Waals surface area contributed by atoms with Crippen LogP contribution in [0, 0.1) is 0 Å². The predicted octanol–water partition coefficient (Wildman–Crippen LogP) is 1.10. The standard InChI is InChI=1S/C8H15F2NO/c1-6(12)8(9,10)7-4-3-5-11(7)2/h6-7,12H,3-5H2,1-2H3. The number of rotatable bonds is 2. The molecule has 0 amide bonds. The Morgan fingerprint density at radius 1 is 1.58 bits per heavy atom. The van der Waals surface area contributed by atoms with Crippen molar-refractivity contribution in [1.29, 1.82) is 0 Å². The van der Waals surface area contributed by atoms with E-state index in [0.717, 1.165) is 13.3 Å². The highest BCUT2D eigenvalue weighted by Crippen LogP contribution is 2.32. The van der Waals surface area contributed by atoms with Gasteiger partial charge in [-0.2, -0.15) is 0 Å². The van der Waals surface area contributed by atoms with E-state index in [1.807, 2.05) is 0 Å². The second kappa shape index (κ2) is 3.26. The third-order valence-corrected chi connectivity index (χ3v) is 2.52. The van der Waals surface area contributed by atoms with Crippen LogP contribution in [0.4, 0.5) is 8.78 Å². The molecule has 0 aromatic carbocycles. The number of alkyl halides is 2. The van der Waals surface area contributed by atoms with Gasteiger partial charge in [0.25, 0.3) is 5.92 Å². The monoisotopic (exact) mass is 179 g/mol. The molecular weight excluding hydrogens is 164 g/mol. The number of hydrogen-bond acceptors (Lipinski definition) is 2. The Kier molecular flexibility index (Phi) is 2.68. The molecule has 1 heterocycles. The zero-order valence-electron chi connectivity index (χ0n) is 7.43. The van der Waals surface area contributed by atoms with Gasteiger partial charge in [-0.05, 0) is 33.4 Å². The first-order valence-corrected chi connectivity index (χ1v) is 4.22. The molecule has 1 N–H and O–H groups in total. The second-order valence-corrected chi connectivity index (χ2v) is 3.49. The lowest BCUT2D eigenvalue weighted by Gasteiger charge is -2.30. The molecule has 0 aromatic heterocycles. The molecule has 1 rings (SSSR count). The number of nitrogens with zero attached hydrogens (tertiary/aromatic N) is 1. The number of aliphatic hydroxyl groups is 1. The minimum atomic E-state index is -2.97. The van der Waals surface area contributed by atoms with Crippen molar-refractivity contribution in [2.45, 2.75) is 37.8 Å². The first-order valence-electron chi connectivity index (χ1n) is 4.22. The van der Waals surface area contributed by atoms with Crippen molar-refractivity contribution < 1.29 is 13.9 Å². The molecule has 0 bridgehead atoms. The highest BCUT2D eigenvalue weighted by Gasteiger charge is 2.47. The molecule has 2 nitrogen and oxygen atoms in total. The van der Waals surface area contributed by atoms with Crippen LogP contribution in [0.3, 0.4) is 0 Å². The normalized spacial score (nSPS) is 29.2. The Hall–Kier alpha value is -0.220. The number of likely N-dealkylation sites (tertiary alicyclic amines) is 1. The quantitative estimate of drug-likeness (QED) is 0.686. The molecule has 0 aromatic rings. The highest BCUT2D eigenvalue weighted by atomic mass is 19.3. The lowest BCUT2D eigenvalue weighted by Crippen LogP contribution is -2.48. The molecule has 2 unspecified atom stereocenters. The van der Waals surface area contributed by atoms with Gasteiger partial charge in [0.1, 0.15) is 6.10 Å². The Labute approximate surface area is 71.2 Å². The van der Waals surface area contributed by atoms with Crippen LogP contribution >= 0.6 is 0 Å². The Balaban J connectivity index is 2.67. The molecule has 4 heteroatoms. The maximum Gasteiger partial charge on any atom is 0.288 e. The van der Waals surface area contributed by atoms with Crippen molar-refractivity contribution in [3.8, 4) is 0 Å². The Morgan fingerprint density at radius 2 is 2.17 bits per heavy atom. The zero-order valence-corrected chi connectivity index (χ0v) is 7.43. The molecule has 72 valence electrons. The van der Waals surface area contributed by atoms with Gasteiger partial charge < -0.3 is 5.11 Å². The molecule has 0 radical (unpaired) electrons. The maximum absolute atomic E-state index is 13.2. The van der Waals surface area contributed by atoms with Crippen LogP contribution in [-0.4, -0.2) is 41.7 Å². The summed E-state index contributed by atoms with van der Waals surface area (Å²) in [4.78, 5) is 1.62. The summed E-state index contributed by atoms with van der Waals surface area (Å²) in [5.41, 5.74) is 0. The van der Waals surface area contributed by atoms with Gasteiger partial charge in [-0.15, -0.1) is 0 Å². The van der Waals surface area contributed by atoms with Gasteiger partial charge in [-0.3, -0.25) is 4.90 Å². The molecule has 0 aliphatic carbocycles. The van der Waals surface area contributed by atoms with Gasteiger partial charge >= 0.3 is 0 Å². The third-order valence-electron chi connectivity index (χ3n) is 2.52. The third kappa shape index (κ3) is 1.59. The number of halogens is 2. The smallest absolute Gasteiger partial charge is 0.288 e. The summed E-state index contributed by atoms with van der Waals surface area (Å²) < 4.78 is 26.4. The van der Waals surface area contributed by atoms with E-state index in [0.29, 0.717) is 13.0 Å². The summed E-state index contributed by atoms with van der Waals surface area (Å²) in [6, 6.07) is -0.780. The molecule has 1 aliphatic heterocycles. The van der Waals surface area contributed by atoms with E-state index in [4.69, 9.17) is 5.11 Å². The number of aliphatic hydroxyl groups excluding tert-OH is 1. The fourth-order valence-corrected chi connectivity index (χ4v) is 1.67. The van der Waals surface area contributed by atoms with Crippen LogP contribution in [-0.2, 0) is 0 Å². The van der Waals surface area contributed by atoms with Gasteiger partial charge in [0.2, 0.25) is 0 Å². The van der Waals surface area contributed by atoms with Crippen molar-refractivity contribution >= 4 is 0 Å². The SMILES string of the molecule is CC(O)C(F)(F)C1CCCN1C. The minimum Gasteiger partial charge on any atom is -0.387 e. The molecule has 1 aliphatic rings. The van der Waals surface area contributed by atoms with Crippen LogP contribution in [0.2, 0.25) is 0 Å². The molecule has 0 saturated carbocycles. The van der Waals surface area contributed by atoms with Gasteiger partial charge in [-0.25, -0.2) is 8.78 Å². The Morgan fingerprint density at radius 3 is 2.50 bits per heavy atom. The summed E-state index contributed by atoms with van der Waals surface area (Å²) in [5.74, 6) is -2.97. The van der Waals surface area contributed by atoms with E-state index >= 15 is 0 Å². The lowest BCUT2D eigenvalue weighted by atomic mass is 10.0. The lowest BCUT2D eigenvalue weighted by molar-refractivity contribution is -0.140. The number of hydrogen-bond donors (Lipinski definition) is 1. The second-order valence-electron chi connectivity index (χ2n) is 3.49. The van der Waals surface area contributed by atoms with Crippen LogP contribution in [0.25, 0.3) is 0 Å². The van der Waals surface area contributed by atoms with E-state index in [9.17, 15) is 8.78 Å². The van der Waals surface area contributed by atoms with Crippen LogP contribution in [0.1, 0.15) is 19.8 Å². The highest BCUT2D eigenvalue weighted by molar-refractivity contribution is 4.91. The van der Waals surface area contributed by atoms with Crippen LogP contribution in [0.5, 0.6) is 0 Å². The van der Waals surface area contributed by atoms with Crippen LogP contribution < -0.4 is 0 Å².